The molecule has 1 amide bonds. The predicted octanol–water partition coefficient (Wildman–Crippen LogP) is 5.75. The van der Waals surface area contributed by atoms with Gasteiger partial charge in [-0.2, -0.15) is 0 Å². The van der Waals surface area contributed by atoms with Crippen LogP contribution in [0, 0.1) is 0 Å². The maximum Gasteiger partial charge on any atom is 0.274 e. The summed E-state index contributed by atoms with van der Waals surface area (Å²) in [5, 5.41) is 4.38. The van der Waals surface area contributed by atoms with Crippen LogP contribution in [0.5, 0.6) is 0 Å². The lowest BCUT2D eigenvalue weighted by atomic mass is 10.0. The first-order valence-electron chi connectivity index (χ1n) is 12.3. The van der Waals surface area contributed by atoms with Crippen molar-refractivity contribution in [3.05, 3.63) is 115 Å². The van der Waals surface area contributed by atoms with Gasteiger partial charge in [0, 0.05) is 36.9 Å². The summed E-state index contributed by atoms with van der Waals surface area (Å²) in [6.07, 6.45) is 6.21. The molecule has 0 aliphatic heterocycles. The van der Waals surface area contributed by atoms with Gasteiger partial charge in [-0.3, -0.25) is 9.78 Å². The minimum atomic E-state index is -0.158. The van der Waals surface area contributed by atoms with E-state index in [1.54, 1.807) is 23.6 Å². The average molecular weight is 489 g/mol. The molecule has 0 bridgehead atoms. The minimum absolute atomic E-state index is 0.158. The largest absolute Gasteiger partial charge is 0.367 e. The zero-order valence-electron chi connectivity index (χ0n) is 20.9. The van der Waals surface area contributed by atoms with Crippen molar-refractivity contribution in [2.45, 2.75) is 33.0 Å². The van der Waals surface area contributed by atoms with Gasteiger partial charge in [0.2, 0.25) is 0 Å². The molecule has 0 spiro atoms. The fourth-order valence-corrected chi connectivity index (χ4v) is 4.27. The van der Waals surface area contributed by atoms with Gasteiger partial charge in [0.1, 0.15) is 17.8 Å². The fraction of sp³-hybridized carbons (Fsp3) is 0.167. The smallest absolute Gasteiger partial charge is 0.274 e. The third-order valence-electron chi connectivity index (χ3n) is 5.98. The van der Waals surface area contributed by atoms with Gasteiger partial charge < -0.3 is 10.2 Å². The number of rotatable bonds is 8. The number of anilines is 1. The monoisotopic (exact) mass is 488 g/mol. The van der Waals surface area contributed by atoms with Crippen LogP contribution in [0.3, 0.4) is 0 Å². The maximum absolute atomic E-state index is 13.4. The second kappa shape index (κ2) is 11.0. The average Bonchev–Trinajstić information content (AvgIpc) is 2.93. The molecule has 3 aromatic carbocycles. The normalized spacial score (nSPS) is 11.0. The number of hydrogen-bond acceptors (Lipinski definition) is 6. The van der Waals surface area contributed by atoms with Crippen LogP contribution < -0.4 is 5.32 Å². The zero-order chi connectivity index (χ0) is 25.6. The molecule has 2 heterocycles. The Morgan fingerprint density at radius 1 is 0.838 bits per heavy atom. The standard InChI is InChI=1S/C30H28N6O/c1-21(2)35-29-26-16-25(11-12-27(26)33-20-34-29)24-10-6-9-23(15-24)19-36(18-22-7-4-3-5-8-22)30(37)28-17-31-13-14-32-28/h3-17,20-21H,18-19H2,1-2H3,(H,33,34,35). The quantitative estimate of drug-likeness (QED) is 0.299. The highest BCUT2D eigenvalue weighted by Gasteiger charge is 2.18. The van der Waals surface area contributed by atoms with Crippen molar-refractivity contribution in [1.82, 2.24) is 24.8 Å². The molecule has 1 N–H and O–H groups in total. The van der Waals surface area contributed by atoms with Crippen LogP contribution in [-0.4, -0.2) is 36.8 Å². The van der Waals surface area contributed by atoms with Crippen LogP contribution in [0.4, 0.5) is 5.82 Å². The SMILES string of the molecule is CC(C)Nc1ncnc2ccc(-c3cccc(CN(Cc4ccccc4)C(=O)c4cnccn4)c3)cc12. The van der Waals surface area contributed by atoms with E-state index in [1.807, 2.05) is 48.5 Å². The summed E-state index contributed by atoms with van der Waals surface area (Å²) in [7, 11) is 0. The molecule has 0 saturated carbocycles. The molecule has 184 valence electrons. The molecule has 5 aromatic rings. The minimum Gasteiger partial charge on any atom is -0.367 e. The van der Waals surface area contributed by atoms with E-state index in [0.29, 0.717) is 18.8 Å². The van der Waals surface area contributed by atoms with Crippen LogP contribution in [0.1, 0.15) is 35.5 Å². The number of carbonyl (C=O) groups is 1. The van der Waals surface area contributed by atoms with Crippen LogP contribution in [0.25, 0.3) is 22.0 Å². The van der Waals surface area contributed by atoms with E-state index in [0.717, 1.165) is 39.0 Å². The number of fused-ring (bicyclic) bond motifs is 1. The second-order valence-corrected chi connectivity index (χ2v) is 9.19. The van der Waals surface area contributed by atoms with Gasteiger partial charge in [-0.25, -0.2) is 15.0 Å². The van der Waals surface area contributed by atoms with E-state index in [9.17, 15) is 4.79 Å². The highest BCUT2D eigenvalue weighted by Crippen LogP contribution is 2.28. The third kappa shape index (κ3) is 5.78. The molecular formula is C30H28N6O. The number of amides is 1. The molecule has 5 rings (SSSR count). The van der Waals surface area contributed by atoms with E-state index < -0.39 is 0 Å². The van der Waals surface area contributed by atoms with E-state index >= 15 is 0 Å². The lowest BCUT2D eigenvalue weighted by molar-refractivity contribution is 0.0723. The van der Waals surface area contributed by atoms with Crippen molar-refractivity contribution in [2.24, 2.45) is 0 Å². The van der Waals surface area contributed by atoms with Gasteiger partial charge in [0.25, 0.3) is 5.91 Å². The van der Waals surface area contributed by atoms with Crippen molar-refractivity contribution < 1.29 is 4.79 Å². The van der Waals surface area contributed by atoms with Gasteiger partial charge in [0.15, 0.2) is 0 Å². The Morgan fingerprint density at radius 2 is 1.62 bits per heavy atom. The van der Waals surface area contributed by atoms with Crippen molar-refractivity contribution in [1.29, 1.82) is 0 Å². The van der Waals surface area contributed by atoms with Crippen molar-refractivity contribution in [3.8, 4) is 11.1 Å². The topological polar surface area (TPSA) is 83.9 Å². The molecule has 0 radical (unpaired) electrons. The van der Waals surface area contributed by atoms with E-state index in [-0.39, 0.29) is 11.9 Å². The molecule has 0 unspecified atom stereocenters. The Labute approximate surface area is 216 Å². The van der Waals surface area contributed by atoms with Crippen LogP contribution in [-0.2, 0) is 13.1 Å². The number of hydrogen-bond donors (Lipinski definition) is 1. The Kier molecular flexibility index (Phi) is 7.12. The van der Waals surface area contributed by atoms with E-state index in [2.05, 4.69) is 63.4 Å². The number of carbonyl (C=O) groups excluding carboxylic acids is 1. The van der Waals surface area contributed by atoms with Crippen molar-refractivity contribution in [2.75, 3.05) is 5.32 Å². The highest BCUT2D eigenvalue weighted by atomic mass is 16.2. The second-order valence-electron chi connectivity index (χ2n) is 9.19. The number of nitrogens with one attached hydrogen (secondary N) is 1. The first-order chi connectivity index (χ1) is 18.1. The number of benzene rings is 3. The third-order valence-corrected chi connectivity index (χ3v) is 5.98. The molecule has 0 aliphatic carbocycles. The number of aromatic nitrogens is 4. The summed E-state index contributed by atoms with van der Waals surface area (Å²) in [5.74, 6) is 0.663. The maximum atomic E-state index is 13.4. The molecule has 0 saturated heterocycles. The first kappa shape index (κ1) is 24.1. The molecule has 0 fully saturated rings. The van der Waals surface area contributed by atoms with Gasteiger partial charge in [-0.15, -0.1) is 0 Å². The van der Waals surface area contributed by atoms with Gasteiger partial charge in [0.05, 0.1) is 11.7 Å². The predicted molar refractivity (Wildman–Crippen MR) is 146 cm³/mol. The Morgan fingerprint density at radius 3 is 2.41 bits per heavy atom. The number of nitrogens with zero attached hydrogens (tertiary/aromatic N) is 5. The fourth-order valence-electron chi connectivity index (χ4n) is 4.27. The van der Waals surface area contributed by atoms with Crippen LogP contribution in [0.2, 0.25) is 0 Å². The van der Waals surface area contributed by atoms with E-state index in [1.165, 1.54) is 6.20 Å². The van der Waals surface area contributed by atoms with E-state index in [4.69, 9.17) is 0 Å². The summed E-state index contributed by atoms with van der Waals surface area (Å²) < 4.78 is 0. The molecule has 0 aliphatic rings. The zero-order valence-corrected chi connectivity index (χ0v) is 20.9. The highest BCUT2D eigenvalue weighted by molar-refractivity contribution is 5.93. The summed E-state index contributed by atoms with van der Waals surface area (Å²) >= 11 is 0. The molecular weight excluding hydrogens is 460 g/mol. The van der Waals surface area contributed by atoms with Crippen molar-refractivity contribution >= 4 is 22.6 Å². The molecule has 0 atom stereocenters. The van der Waals surface area contributed by atoms with Crippen LogP contribution in [0.15, 0.2) is 97.7 Å². The summed E-state index contributed by atoms with van der Waals surface area (Å²) in [4.78, 5) is 32.4. The Balaban J connectivity index is 1.46. The summed E-state index contributed by atoms with van der Waals surface area (Å²) in [6.45, 7) is 5.09. The Bertz CT molecular complexity index is 1510. The summed E-state index contributed by atoms with van der Waals surface area (Å²) in [6, 6.07) is 24.7. The molecule has 7 heteroatoms. The molecule has 7 nitrogen and oxygen atoms in total. The van der Waals surface area contributed by atoms with Gasteiger partial charge in [-0.1, -0.05) is 54.6 Å². The first-order valence-corrected chi connectivity index (χ1v) is 12.3. The van der Waals surface area contributed by atoms with Crippen molar-refractivity contribution in [3.63, 3.8) is 0 Å². The van der Waals surface area contributed by atoms with Crippen LogP contribution >= 0.6 is 0 Å². The lowest BCUT2D eigenvalue weighted by Crippen LogP contribution is -2.30. The Hall–Kier alpha value is -4.65. The summed E-state index contributed by atoms with van der Waals surface area (Å²) in [5.41, 5.74) is 5.42. The molecule has 37 heavy (non-hydrogen) atoms. The van der Waals surface area contributed by atoms with Gasteiger partial charge in [-0.05, 0) is 54.3 Å². The molecule has 2 aromatic heterocycles. The lowest BCUT2D eigenvalue weighted by Gasteiger charge is -2.23. The van der Waals surface area contributed by atoms with Gasteiger partial charge >= 0.3 is 0 Å².